The van der Waals surface area contributed by atoms with Crippen molar-refractivity contribution in [3.05, 3.63) is 103 Å². The first-order valence-corrected chi connectivity index (χ1v) is 9.56. The Morgan fingerprint density at radius 3 is 1.93 bits per heavy atom. The number of fused-ring (bicyclic) bond motifs is 4. The summed E-state index contributed by atoms with van der Waals surface area (Å²) in [5.74, 6) is 0. The molecule has 0 N–H and O–H groups in total. The summed E-state index contributed by atoms with van der Waals surface area (Å²) in [6, 6.07) is 34.8. The van der Waals surface area contributed by atoms with Crippen LogP contribution in [-0.4, -0.2) is 4.98 Å². The molecular weight excluding hydrogens is 338 g/mol. The lowest BCUT2D eigenvalue weighted by Gasteiger charge is -2.10. The fourth-order valence-corrected chi connectivity index (χ4v) is 4.19. The third-order valence-corrected chi connectivity index (χ3v) is 5.60. The molecule has 0 unspecified atom stereocenters. The maximum absolute atomic E-state index is 4.67. The highest BCUT2D eigenvalue weighted by molar-refractivity contribution is 6.08. The van der Waals surface area contributed by atoms with Crippen LogP contribution in [0.2, 0.25) is 0 Å². The molecule has 0 aliphatic heterocycles. The Balaban J connectivity index is 1.65. The SMILES string of the molecule is c1ccc2cc3cc4c(-c5cnc6ccccc6c5)cccc4cc3cc2c1. The highest BCUT2D eigenvalue weighted by atomic mass is 14.6. The van der Waals surface area contributed by atoms with Crippen molar-refractivity contribution in [2.45, 2.75) is 0 Å². The Labute approximate surface area is 162 Å². The van der Waals surface area contributed by atoms with Crippen LogP contribution in [0, 0.1) is 0 Å². The second-order valence-electron chi connectivity index (χ2n) is 7.34. The molecule has 0 saturated heterocycles. The molecule has 1 nitrogen and oxygen atoms in total. The molecule has 0 amide bonds. The summed E-state index contributed by atoms with van der Waals surface area (Å²) in [5, 5.41) is 8.80. The first-order chi connectivity index (χ1) is 13.8. The minimum Gasteiger partial charge on any atom is -0.256 e. The number of hydrogen-bond donors (Lipinski definition) is 0. The van der Waals surface area contributed by atoms with E-state index in [9.17, 15) is 0 Å². The van der Waals surface area contributed by atoms with Crippen molar-refractivity contribution in [1.82, 2.24) is 4.98 Å². The molecule has 0 saturated carbocycles. The fourth-order valence-electron chi connectivity index (χ4n) is 4.19. The molecule has 0 atom stereocenters. The van der Waals surface area contributed by atoms with Crippen molar-refractivity contribution in [2.24, 2.45) is 0 Å². The summed E-state index contributed by atoms with van der Waals surface area (Å²) in [6.07, 6.45) is 1.99. The molecule has 0 radical (unpaired) electrons. The smallest absolute Gasteiger partial charge is 0.0702 e. The Kier molecular flexibility index (Phi) is 3.24. The molecule has 5 aromatic carbocycles. The molecule has 28 heavy (non-hydrogen) atoms. The van der Waals surface area contributed by atoms with Crippen molar-refractivity contribution in [2.75, 3.05) is 0 Å². The van der Waals surface area contributed by atoms with Gasteiger partial charge >= 0.3 is 0 Å². The monoisotopic (exact) mass is 355 g/mol. The number of aromatic nitrogens is 1. The summed E-state index contributed by atoms with van der Waals surface area (Å²) < 4.78 is 0. The number of pyridine rings is 1. The molecule has 0 fully saturated rings. The van der Waals surface area contributed by atoms with Crippen molar-refractivity contribution in [3.8, 4) is 11.1 Å². The third-order valence-electron chi connectivity index (χ3n) is 5.60. The van der Waals surface area contributed by atoms with Crippen LogP contribution in [0.25, 0.3) is 54.3 Å². The highest BCUT2D eigenvalue weighted by Gasteiger charge is 2.08. The summed E-state index contributed by atoms with van der Waals surface area (Å²) >= 11 is 0. The molecule has 0 bridgehead atoms. The van der Waals surface area contributed by atoms with Gasteiger partial charge < -0.3 is 0 Å². The maximum Gasteiger partial charge on any atom is 0.0702 e. The zero-order valence-corrected chi connectivity index (χ0v) is 15.3. The molecule has 130 valence electrons. The average Bonchev–Trinajstić information content (AvgIpc) is 2.75. The van der Waals surface area contributed by atoms with E-state index in [1.807, 2.05) is 12.3 Å². The number of rotatable bonds is 1. The summed E-state index contributed by atoms with van der Waals surface area (Å²) in [5.41, 5.74) is 3.42. The van der Waals surface area contributed by atoms with Crippen LogP contribution in [0.5, 0.6) is 0 Å². The second kappa shape index (κ2) is 5.90. The van der Waals surface area contributed by atoms with Crippen molar-refractivity contribution in [3.63, 3.8) is 0 Å². The van der Waals surface area contributed by atoms with E-state index in [4.69, 9.17) is 0 Å². The first-order valence-electron chi connectivity index (χ1n) is 9.56. The summed E-state index contributed by atoms with van der Waals surface area (Å²) in [6.45, 7) is 0. The quantitative estimate of drug-likeness (QED) is 0.281. The van der Waals surface area contributed by atoms with Gasteiger partial charge in [0, 0.05) is 17.1 Å². The van der Waals surface area contributed by atoms with E-state index in [0.29, 0.717) is 0 Å². The van der Waals surface area contributed by atoms with E-state index >= 15 is 0 Å². The average molecular weight is 355 g/mol. The van der Waals surface area contributed by atoms with Gasteiger partial charge in [0.15, 0.2) is 0 Å². The van der Waals surface area contributed by atoms with Crippen LogP contribution in [0.4, 0.5) is 0 Å². The molecule has 0 aliphatic carbocycles. The number of hydrogen-bond acceptors (Lipinski definition) is 1. The van der Waals surface area contributed by atoms with Crippen LogP contribution in [0.3, 0.4) is 0 Å². The van der Waals surface area contributed by atoms with E-state index in [1.54, 1.807) is 0 Å². The van der Waals surface area contributed by atoms with Gasteiger partial charge in [0.1, 0.15) is 0 Å². The van der Waals surface area contributed by atoms with Gasteiger partial charge in [-0.2, -0.15) is 0 Å². The van der Waals surface area contributed by atoms with Gasteiger partial charge in [-0.3, -0.25) is 4.98 Å². The minimum absolute atomic E-state index is 1.03. The van der Waals surface area contributed by atoms with Crippen molar-refractivity contribution < 1.29 is 0 Å². The van der Waals surface area contributed by atoms with Crippen LogP contribution in [0.15, 0.2) is 103 Å². The summed E-state index contributed by atoms with van der Waals surface area (Å²) in [7, 11) is 0. The molecule has 0 aliphatic rings. The molecule has 1 aromatic heterocycles. The molecule has 6 aromatic rings. The topological polar surface area (TPSA) is 12.9 Å². The maximum atomic E-state index is 4.67. The van der Waals surface area contributed by atoms with Gasteiger partial charge in [-0.25, -0.2) is 0 Å². The van der Waals surface area contributed by atoms with Crippen LogP contribution in [-0.2, 0) is 0 Å². The molecule has 1 heteroatoms. The Morgan fingerprint density at radius 1 is 0.464 bits per heavy atom. The van der Waals surface area contributed by atoms with Gasteiger partial charge in [0.2, 0.25) is 0 Å². The van der Waals surface area contributed by atoms with Gasteiger partial charge in [-0.1, -0.05) is 60.7 Å². The fraction of sp³-hybridized carbons (Fsp3) is 0. The third kappa shape index (κ3) is 2.37. The van der Waals surface area contributed by atoms with E-state index in [2.05, 4.69) is 96.0 Å². The van der Waals surface area contributed by atoms with Crippen LogP contribution in [0.1, 0.15) is 0 Å². The second-order valence-corrected chi connectivity index (χ2v) is 7.34. The van der Waals surface area contributed by atoms with E-state index in [1.165, 1.54) is 43.3 Å². The highest BCUT2D eigenvalue weighted by Crippen LogP contribution is 2.34. The van der Waals surface area contributed by atoms with Gasteiger partial charge in [-0.15, -0.1) is 0 Å². The van der Waals surface area contributed by atoms with E-state index < -0.39 is 0 Å². The minimum atomic E-state index is 1.03. The normalized spacial score (nSPS) is 11.6. The predicted octanol–water partition coefficient (Wildman–Crippen LogP) is 7.36. The van der Waals surface area contributed by atoms with Crippen LogP contribution >= 0.6 is 0 Å². The van der Waals surface area contributed by atoms with Crippen molar-refractivity contribution in [1.29, 1.82) is 0 Å². The molecule has 0 spiro atoms. The number of para-hydroxylation sites is 1. The van der Waals surface area contributed by atoms with Crippen molar-refractivity contribution >= 4 is 43.2 Å². The van der Waals surface area contributed by atoms with Gasteiger partial charge in [0.25, 0.3) is 0 Å². The van der Waals surface area contributed by atoms with E-state index in [0.717, 1.165) is 11.1 Å². The van der Waals surface area contributed by atoms with Gasteiger partial charge in [-0.05, 0) is 74.3 Å². The Hall–Kier alpha value is -3.71. The lowest BCUT2D eigenvalue weighted by Crippen LogP contribution is -1.86. The van der Waals surface area contributed by atoms with E-state index in [-0.39, 0.29) is 0 Å². The van der Waals surface area contributed by atoms with Gasteiger partial charge in [0.05, 0.1) is 5.52 Å². The number of nitrogens with zero attached hydrogens (tertiary/aromatic N) is 1. The molecule has 6 rings (SSSR count). The Bertz CT molecular complexity index is 1510. The molecule has 1 heterocycles. The lowest BCUT2D eigenvalue weighted by molar-refractivity contribution is 1.41. The predicted molar refractivity (Wildman–Crippen MR) is 120 cm³/mol. The largest absolute Gasteiger partial charge is 0.256 e. The Morgan fingerprint density at radius 2 is 1.11 bits per heavy atom. The van der Waals surface area contributed by atoms with Crippen LogP contribution < -0.4 is 0 Å². The zero-order chi connectivity index (χ0) is 18.5. The molecular formula is C27H17N. The zero-order valence-electron chi connectivity index (χ0n) is 15.3. The first kappa shape index (κ1) is 15.4. The standard InChI is InChI=1S/C27H17N/c1-2-7-19-13-23-16-26-20(14-22(23)12-18(19)6-1)9-5-10-25(26)24-15-21-8-3-4-11-27(21)28-17-24/h1-17H. The number of benzene rings is 5. The summed E-state index contributed by atoms with van der Waals surface area (Å²) in [4.78, 5) is 4.67. The lowest BCUT2D eigenvalue weighted by atomic mass is 9.94.